The first-order valence-corrected chi connectivity index (χ1v) is 9.03. The monoisotopic (exact) mass is 330 g/mol. The largest absolute Gasteiger partial charge is 0.356 e. The van der Waals surface area contributed by atoms with Crippen molar-refractivity contribution in [1.29, 1.82) is 0 Å². The van der Waals surface area contributed by atoms with Gasteiger partial charge in [-0.05, 0) is 30.9 Å². The molecular weight excluding hydrogens is 304 g/mol. The summed E-state index contributed by atoms with van der Waals surface area (Å²) in [5, 5.41) is 10.1. The second-order valence-electron chi connectivity index (χ2n) is 5.46. The van der Waals surface area contributed by atoms with Crippen LogP contribution in [0.15, 0.2) is 34.6 Å². The van der Waals surface area contributed by atoms with Gasteiger partial charge in [-0.2, -0.15) is 0 Å². The minimum atomic E-state index is 0.801. The van der Waals surface area contributed by atoms with Gasteiger partial charge in [0.25, 0.3) is 0 Å². The van der Waals surface area contributed by atoms with E-state index in [1.807, 2.05) is 14.0 Å². The molecular formula is C18H26N4S. The SMILES string of the molecule is CCc1ccccc1CNC(=NC)NCCCc1nc(C)cs1. The molecule has 2 aromatic rings. The summed E-state index contributed by atoms with van der Waals surface area (Å²) in [5.41, 5.74) is 3.83. The van der Waals surface area contributed by atoms with Crippen LogP contribution in [0.2, 0.25) is 0 Å². The van der Waals surface area contributed by atoms with Gasteiger partial charge in [-0.3, -0.25) is 4.99 Å². The number of hydrogen-bond donors (Lipinski definition) is 2. The fraction of sp³-hybridized carbons (Fsp3) is 0.444. The standard InChI is InChI=1S/C18H26N4S/c1-4-15-8-5-6-9-16(15)12-21-18(19-3)20-11-7-10-17-22-14(2)13-23-17/h5-6,8-9,13H,4,7,10-12H2,1-3H3,(H2,19,20,21). The lowest BCUT2D eigenvalue weighted by Crippen LogP contribution is -2.37. The van der Waals surface area contributed by atoms with Gasteiger partial charge in [0, 0.05) is 37.6 Å². The van der Waals surface area contributed by atoms with E-state index in [-0.39, 0.29) is 0 Å². The van der Waals surface area contributed by atoms with Gasteiger partial charge in [0.15, 0.2) is 5.96 Å². The number of thiazole rings is 1. The summed E-state index contributed by atoms with van der Waals surface area (Å²) < 4.78 is 0. The summed E-state index contributed by atoms with van der Waals surface area (Å²) in [6, 6.07) is 8.53. The molecule has 0 aliphatic heterocycles. The lowest BCUT2D eigenvalue weighted by molar-refractivity contribution is 0.737. The highest BCUT2D eigenvalue weighted by atomic mass is 32.1. The molecule has 0 saturated carbocycles. The number of aryl methyl sites for hydroxylation is 3. The maximum absolute atomic E-state index is 4.49. The van der Waals surface area contributed by atoms with E-state index in [2.05, 4.69) is 57.2 Å². The molecule has 1 aromatic carbocycles. The minimum Gasteiger partial charge on any atom is -0.356 e. The van der Waals surface area contributed by atoms with E-state index in [0.29, 0.717) is 0 Å². The summed E-state index contributed by atoms with van der Waals surface area (Å²) in [6.45, 7) is 5.92. The van der Waals surface area contributed by atoms with E-state index in [1.165, 1.54) is 16.1 Å². The molecule has 0 radical (unpaired) electrons. The first kappa shape index (κ1) is 17.5. The number of rotatable bonds is 7. The molecule has 0 unspecified atom stereocenters. The van der Waals surface area contributed by atoms with Crippen molar-refractivity contribution in [2.75, 3.05) is 13.6 Å². The predicted molar refractivity (Wildman–Crippen MR) is 99.2 cm³/mol. The van der Waals surface area contributed by atoms with Gasteiger partial charge in [-0.25, -0.2) is 4.98 Å². The van der Waals surface area contributed by atoms with Crippen molar-refractivity contribution < 1.29 is 0 Å². The number of hydrogen-bond acceptors (Lipinski definition) is 3. The van der Waals surface area contributed by atoms with Gasteiger partial charge in [0.1, 0.15) is 0 Å². The van der Waals surface area contributed by atoms with Crippen molar-refractivity contribution in [3.05, 3.63) is 51.5 Å². The maximum atomic E-state index is 4.49. The minimum absolute atomic E-state index is 0.801. The van der Waals surface area contributed by atoms with Crippen molar-refractivity contribution in [1.82, 2.24) is 15.6 Å². The van der Waals surface area contributed by atoms with E-state index >= 15 is 0 Å². The molecule has 0 atom stereocenters. The van der Waals surface area contributed by atoms with Crippen LogP contribution in [0.3, 0.4) is 0 Å². The summed E-state index contributed by atoms with van der Waals surface area (Å²) in [5.74, 6) is 0.853. The molecule has 4 nitrogen and oxygen atoms in total. The summed E-state index contributed by atoms with van der Waals surface area (Å²) in [6.07, 6.45) is 3.12. The number of benzene rings is 1. The topological polar surface area (TPSA) is 49.3 Å². The molecule has 2 N–H and O–H groups in total. The van der Waals surface area contributed by atoms with Crippen LogP contribution in [-0.4, -0.2) is 24.5 Å². The van der Waals surface area contributed by atoms with E-state index in [9.17, 15) is 0 Å². The van der Waals surface area contributed by atoms with Crippen molar-refractivity contribution in [2.45, 2.75) is 39.7 Å². The lowest BCUT2D eigenvalue weighted by Gasteiger charge is -2.13. The molecule has 0 saturated heterocycles. The third-order valence-corrected chi connectivity index (χ3v) is 4.72. The highest BCUT2D eigenvalue weighted by molar-refractivity contribution is 7.09. The van der Waals surface area contributed by atoms with E-state index in [1.54, 1.807) is 11.3 Å². The molecule has 0 spiro atoms. The Morgan fingerprint density at radius 1 is 1.22 bits per heavy atom. The first-order valence-electron chi connectivity index (χ1n) is 8.15. The number of nitrogens with one attached hydrogen (secondary N) is 2. The third-order valence-electron chi connectivity index (χ3n) is 3.70. The molecule has 0 amide bonds. The smallest absolute Gasteiger partial charge is 0.191 e. The number of aromatic nitrogens is 1. The normalized spacial score (nSPS) is 11.5. The average molecular weight is 331 g/mol. The van der Waals surface area contributed by atoms with Gasteiger partial charge < -0.3 is 10.6 Å². The maximum Gasteiger partial charge on any atom is 0.191 e. The Balaban J connectivity index is 1.73. The Morgan fingerprint density at radius 3 is 2.65 bits per heavy atom. The third kappa shape index (κ3) is 5.67. The fourth-order valence-electron chi connectivity index (χ4n) is 2.44. The van der Waals surface area contributed by atoms with Crippen LogP contribution in [0.5, 0.6) is 0 Å². The van der Waals surface area contributed by atoms with Crippen LogP contribution >= 0.6 is 11.3 Å². The Kier molecular flexibility index (Phi) is 7.07. The Labute approximate surface area is 143 Å². The number of nitrogens with zero attached hydrogens (tertiary/aromatic N) is 2. The Morgan fingerprint density at radius 2 is 2.00 bits per heavy atom. The van der Waals surface area contributed by atoms with Crippen LogP contribution < -0.4 is 10.6 Å². The first-order chi connectivity index (χ1) is 11.2. The molecule has 0 aliphatic rings. The molecule has 23 heavy (non-hydrogen) atoms. The Hall–Kier alpha value is -1.88. The van der Waals surface area contributed by atoms with Gasteiger partial charge in [0.2, 0.25) is 0 Å². The van der Waals surface area contributed by atoms with Crippen LogP contribution in [0, 0.1) is 6.92 Å². The molecule has 2 rings (SSSR count). The van der Waals surface area contributed by atoms with Crippen LogP contribution in [0.25, 0.3) is 0 Å². The molecule has 5 heteroatoms. The van der Waals surface area contributed by atoms with Gasteiger partial charge in [-0.15, -0.1) is 11.3 Å². The van der Waals surface area contributed by atoms with Gasteiger partial charge >= 0.3 is 0 Å². The number of guanidine groups is 1. The molecule has 1 aromatic heterocycles. The summed E-state index contributed by atoms with van der Waals surface area (Å²) >= 11 is 1.74. The average Bonchev–Trinajstić information content (AvgIpc) is 3.00. The fourth-order valence-corrected chi connectivity index (χ4v) is 3.26. The quantitative estimate of drug-likeness (QED) is 0.465. The zero-order valence-corrected chi connectivity index (χ0v) is 15.0. The molecule has 0 aliphatic carbocycles. The Bertz CT molecular complexity index is 633. The summed E-state index contributed by atoms with van der Waals surface area (Å²) in [4.78, 5) is 8.78. The van der Waals surface area contributed by atoms with Crippen molar-refractivity contribution in [3.8, 4) is 0 Å². The molecule has 1 heterocycles. The predicted octanol–water partition coefficient (Wildman–Crippen LogP) is 3.31. The highest BCUT2D eigenvalue weighted by Gasteiger charge is 2.03. The summed E-state index contributed by atoms with van der Waals surface area (Å²) in [7, 11) is 1.81. The second-order valence-corrected chi connectivity index (χ2v) is 6.40. The van der Waals surface area contributed by atoms with Gasteiger partial charge in [-0.1, -0.05) is 31.2 Å². The van der Waals surface area contributed by atoms with Crippen LogP contribution in [0.1, 0.15) is 35.2 Å². The van der Waals surface area contributed by atoms with E-state index in [4.69, 9.17) is 0 Å². The van der Waals surface area contributed by atoms with Crippen molar-refractivity contribution >= 4 is 17.3 Å². The zero-order chi connectivity index (χ0) is 16.5. The second kappa shape index (κ2) is 9.30. The van der Waals surface area contributed by atoms with Crippen LogP contribution in [-0.2, 0) is 19.4 Å². The van der Waals surface area contributed by atoms with Crippen LogP contribution in [0.4, 0.5) is 0 Å². The highest BCUT2D eigenvalue weighted by Crippen LogP contribution is 2.10. The lowest BCUT2D eigenvalue weighted by atomic mass is 10.1. The number of aliphatic imine (C=N–C) groups is 1. The van der Waals surface area contributed by atoms with E-state index < -0.39 is 0 Å². The molecule has 0 fully saturated rings. The molecule has 0 bridgehead atoms. The van der Waals surface area contributed by atoms with Crippen molar-refractivity contribution in [3.63, 3.8) is 0 Å². The zero-order valence-electron chi connectivity index (χ0n) is 14.2. The molecule has 124 valence electrons. The van der Waals surface area contributed by atoms with Gasteiger partial charge in [0.05, 0.1) is 5.01 Å². The van der Waals surface area contributed by atoms with E-state index in [0.717, 1.165) is 44.0 Å². The van der Waals surface area contributed by atoms with Crippen molar-refractivity contribution in [2.24, 2.45) is 4.99 Å².